The average molecular weight is 263 g/mol. The number of pyridine rings is 1. The van der Waals surface area contributed by atoms with Crippen LogP contribution in [0, 0.1) is 11.2 Å². The van der Waals surface area contributed by atoms with Crippen molar-refractivity contribution in [2.24, 2.45) is 5.41 Å². The molecule has 1 aliphatic carbocycles. The molecule has 1 N–H and O–H groups in total. The van der Waals surface area contributed by atoms with Gasteiger partial charge in [-0.15, -0.1) is 0 Å². The topological polar surface area (TPSA) is 28.2 Å². The normalized spacial score (nSPS) is 21.9. The molecule has 2 fully saturated rings. The Hall–Kier alpha value is -1.16. The third-order valence-electron chi connectivity index (χ3n) is 4.04. The second kappa shape index (κ2) is 4.75. The molecule has 104 valence electrons. The minimum atomic E-state index is -0.241. The van der Waals surface area contributed by atoms with Crippen molar-refractivity contribution in [1.29, 1.82) is 0 Å². The van der Waals surface area contributed by atoms with Crippen LogP contribution in [0.3, 0.4) is 0 Å². The van der Waals surface area contributed by atoms with E-state index in [1.807, 2.05) is 0 Å². The molecule has 2 heterocycles. The summed E-state index contributed by atoms with van der Waals surface area (Å²) >= 11 is 0. The van der Waals surface area contributed by atoms with Crippen LogP contribution in [-0.2, 0) is 6.54 Å². The lowest BCUT2D eigenvalue weighted by Gasteiger charge is -2.23. The third kappa shape index (κ3) is 3.06. The van der Waals surface area contributed by atoms with Crippen molar-refractivity contribution in [1.82, 2.24) is 10.3 Å². The van der Waals surface area contributed by atoms with Crippen molar-refractivity contribution >= 4 is 5.82 Å². The average Bonchev–Trinajstić information content (AvgIpc) is 3.10. The monoisotopic (exact) mass is 263 g/mol. The number of nitrogens with zero attached hydrogens (tertiary/aromatic N) is 2. The van der Waals surface area contributed by atoms with Crippen LogP contribution in [0.4, 0.5) is 10.2 Å². The summed E-state index contributed by atoms with van der Waals surface area (Å²) in [5.41, 5.74) is 1.32. The molecule has 1 aromatic rings. The van der Waals surface area contributed by atoms with Crippen molar-refractivity contribution < 1.29 is 4.39 Å². The molecule has 3 rings (SSSR count). The van der Waals surface area contributed by atoms with E-state index in [4.69, 9.17) is 0 Å². The highest BCUT2D eigenvalue weighted by atomic mass is 19.1. The summed E-state index contributed by atoms with van der Waals surface area (Å²) < 4.78 is 13.4. The summed E-state index contributed by atoms with van der Waals surface area (Å²) in [6.45, 7) is 7.29. The van der Waals surface area contributed by atoms with Crippen LogP contribution in [0.25, 0.3) is 0 Å². The molecule has 1 aliphatic heterocycles. The Labute approximate surface area is 114 Å². The highest BCUT2D eigenvalue weighted by Gasteiger charge is 2.31. The number of rotatable bonds is 4. The first-order valence-corrected chi connectivity index (χ1v) is 7.16. The summed E-state index contributed by atoms with van der Waals surface area (Å²) in [7, 11) is 0. The Bertz CT molecular complexity index is 468. The minimum Gasteiger partial charge on any atom is -0.356 e. The molecule has 1 saturated heterocycles. The SMILES string of the molecule is CC1(C)CCN(c2ncc(F)cc2CNC2CC2)C1. The lowest BCUT2D eigenvalue weighted by molar-refractivity contribution is 0.418. The zero-order chi connectivity index (χ0) is 13.5. The van der Waals surface area contributed by atoms with Crippen LogP contribution in [0.15, 0.2) is 12.3 Å². The van der Waals surface area contributed by atoms with E-state index < -0.39 is 0 Å². The van der Waals surface area contributed by atoms with E-state index in [0.29, 0.717) is 11.5 Å². The Balaban J connectivity index is 1.78. The maximum Gasteiger partial charge on any atom is 0.141 e. The van der Waals surface area contributed by atoms with E-state index in [1.54, 1.807) is 6.07 Å². The number of nitrogens with one attached hydrogen (secondary N) is 1. The first-order chi connectivity index (χ1) is 9.03. The number of hydrogen-bond donors (Lipinski definition) is 1. The third-order valence-corrected chi connectivity index (χ3v) is 4.04. The fourth-order valence-corrected chi connectivity index (χ4v) is 2.72. The summed E-state index contributed by atoms with van der Waals surface area (Å²) in [6.07, 6.45) is 4.99. The van der Waals surface area contributed by atoms with Crippen LogP contribution >= 0.6 is 0 Å². The maximum absolute atomic E-state index is 13.4. The van der Waals surface area contributed by atoms with Crippen LogP contribution in [0.5, 0.6) is 0 Å². The maximum atomic E-state index is 13.4. The second-order valence-corrected chi connectivity index (χ2v) is 6.63. The molecular formula is C15H22FN3. The van der Waals surface area contributed by atoms with Gasteiger partial charge in [-0.2, -0.15) is 0 Å². The van der Waals surface area contributed by atoms with E-state index in [0.717, 1.165) is 31.0 Å². The smallest absolute Gasteiger partial charge is 0.141 e. The number of aromatic nitrogens is 1. The van der Waals surface area contributed by atoms with Crippen LogP contribution in [0.1, 0.15) is 38.7 Å². The first kappa shape index (κ1) is 12.9. The summed E-state index contributed by atoms with van der Waals surface area (Å²) in [4.78, 5) is 6.63. The fraction of sp³-hybridized carbons (Fsp3) is 0.667. The highest BCUT2D eigenvalue weighted by Crippen LogP contribution is 2.33. The molecule has 1 saturated carbocycles. The summed E-state index contributed by atoms with van der Waals surface area (Å²) in [5, 5.41) is 3.45. The van der Waals surface area contributed by atoms with E-state index in [9.17, 15) is 4.39 Å². The molecule has 1 aromatic heterocycles. The number of halogens is 1. The molecule has 2 aliphatic rings. The Kier molecular flexibility index (Phi) is 3.21. The molecule has 4 heteroatoms. The highest BCUT2D eigenvalue weighted by molar-refractivity contribution is 5.48. The number of hydrogen-bond acceptors (Lipinski definition) is 3. The van der Waals surface area contributed by atoms with Gasteiger partial charge in [0, 0.05) is 31.2 Å². The molecule has 19 heavy (non-hydrogen) atoms. The molecule has 0 spiro atoms. The second-order valence-electron chi connectivity index (χ2n) is 6.63. The molecular weight excluding hydrogens is 241 g/mol. The van der Waals surface area contributed by atoms with Gasteiger partial charge in [-0.1, -0.05) is 13.8 Å². The standard InChI is InChI=1S/C15H22FN3/c1-15(2)5-6-19(10-15)14-11(7-12(16)9-18-14)8-17-13-3-4-13/h7,9,13,17H,3-6,8,10H2,1-2H3. The van der Waals surface area contributed by atoms with Crippen LogP contribution in [-0.4, -0.2) is 24.1 Å². The lowest BCUT2D eigenvalue weighted by atomic mass is 9.93. The molecule has 0 atom stereocenters. The van der Waals surface area contributed by atoms with Gasteiger partial charge >= 0.3 is 0 Å². The zero-order valence-corrected chi connectivity index (χ0v) is 11.7. The minimum absolute atomic E-state index is 0.241. The lowest BCUT2D eigenvalue weighted by Crippen LogP contribution is -2.26. The van der Waals surface area contributed by atoms with E-state index in [2.05, 4.69) is 29.0 Å². The van der Waals surface area contributed by atoms with E-state index in [1.165, 1.54) is 25.5 Å². The predicted octanol–water partition coefficient (Wildman–Crippen LogP) is 2.71. The first-order valence-electron chi connectivity index (χ1n) is 7.16. The molecule has 0 bridgehead atoms. The van der Waals surface area contributed by atoms with Crippen molar-refractivity contribution in [3.05, 3.63) is 23.6 Å². The Morgan fingerprint density at radius 3 is 2.89 bits per heavy atom. The van der Waals surface area contributed by atoms with Gasteiger partial charge in [-0.05, 0) is 30.7 Å². The number of anilines is 1. The van der Waals surface area contributed by atoms with Gasteiger partial charge in [0.1, 0.15) is 11.6 Å². The van der Waals surface area contributed by atoms with Gasteiger partial charge in [-0.25, -0.2) is 9.37 Å². The van der Waals surface area contributed by atoms with Crippen LogP contribution < -0.4 is 10.2 Å². The predicted molar refractivity (Wildman–Crippen MR) is 74.7 cm³/mol. The van der Waals surface area contributed by atoms with E-state index >= 15 is 0 Å². The quantitative estimate of drug-likeness (QED) is 0.905. The molecule has 0 radical (unpaired) electrons. The largest absolute Gasteiger partial charge is 0.356 e. The Morgan fingerprint density at radius 1 is 1.47 bits per heavy atom. The summed E-state index contributed by atoms with van der Waals surface area (Å²) in [5.74, 6) is 0.718. The van der Waals surface area contributed by atoms with Gasteiger partial charge < -0.3 is 10.2 Å². The molecule has 0 unspecified atom stereocenters. The molecule has 0 amide bonds. The van der Waals surface area contributed by atoms with Crippen molar-refractivity contribution in [3.8, 4) is 0 Å². The Morgan fingerprint density at radius 2 is 2.26 bits per heavy atom. The van der Waals surface area contributed by atoms with Crippen LogP contribution in [0.2, 0.25) is 0 Å². The van der Waals surface area contributed by atoms with Crippen molar-refractivity contribution in [2.75, 3.05) is 18.0 Å². The van der Waals surface area contributed by atoms with E-state index in [-0.39, 0.29) is 5.82 Å². The summed E-state index contributed by atoms with van der Waals surface area (Å²) in [6, 6.07) is 2.26. The van der Waals surface area contributed by atoms with Crippen molar-refractivity contribution in [2.45, 2.75) is 45.7 Å². The molecule has 3 nitrogen and oxygen atoms in total. The van der Waals surface area contributed by atoms with Gasteiger partial charge in [0.2, 0.25) is 0 Å². The van der Waals surface area contributed by atoms with Gasteiger partial charge in [-0.3, -0.25) is 0 Å². The van der Waals surface area contributed by atoms with Gasteiger partial charge in [0.15, 0.2) is 0 Å². The molecule has 0 aromatic carbocycles. The van der Waals surface area contributed by atoms with Crippen molar-refractivity contribution in [3.63, 3.8) is 0 Å². The zero-order valence-electron chi connectivity index (χ0n) is 11.7. The van der Waals surface area contributed by atoms with Gasteiger partial charge in [0.25, 0.3) is 0 Å². The van der Waals surface area contributed by atoms with Gasteiger partial charge in [0.05, 0.1) is 6.20 Å². The fourth-order valence-electron chi connectivity index (χ4n) is 2.72.